The Bertz CT molecular complexity index is 1140. The minimum atomic E-state index is -4.69. The van der Waals surface area contributed by atoms with Gasteiger partial charge in [-0.1, -0.05) is 24.3 Å². The molecule has 2 aromatic rings. The smallest absolute Gasteiger partial charge is 0.391 e. The summed E-state index contributed by atoms with van der Waals surface area (Å²) in [5.41, 5.74) is 0.674. The fraction of sp³-hybridized carbons (Fsp3) is 0.480. The van der Waals surface area contributed by atoms with Crippen LogP contribution in [0.1, 0.15) is 37.3 Å². The van der Waals surface area contributed by atoms with E-state index in [0.29, 0.717) is 0 Å². The fourth-order valence-corrected chi connectivity index (χ4v) is 5.67. The molecule has 2 fully saturated rings. The molecule has 36 heavy (non-hydrogen) atoms. The molecule has 7 nitrogen and oxygen atoms in total. The largest absolute Gasteiger partial charge is 0.396 e. The summed E-state index contributed by atoms with van der Waals surface area (Å²) in [6.07, 6.45) is -6.43. The molecule has 3 N–H and O–H groups in total. The summed E-state index contributed by atoms with van der Waals surface area (Å²) in [4.78, 5) is 40.0. The van der Waals surface area contributed by atoms with Crippen molar-refractivity contribution in [3.63, 3.8) is 0 Å². The predicted molar refractivity (Wildman–Crippen MR) is 128 cm³/mol. The highest BCUT2D eigenvalue weighted by Crippen LogP contribution is 2.60. The molecule has 11 heteroatoms. The second-order valence-electron chi connectivity index (χ2n) is 9.53. The van der Waals surface area contributed by atoms with Crippen molar-refractivity contribution in [2.75, 3.05) is 6.54 Å². The van der Waals surface area contributed by atoms with Gasteiger partial charge in [0.25, 0.3) is 0 Å². The van der Waals surface area contributed by atoms with Gasteiger partial charge in [-0.25, -0.2) is 0 Å². The molecule has 1 aliphatic carbocycles. The summed E-state index contributed by atoms with van der Waals surface area (Å²) in [5, 5.41) is 17.0. The highest BCUT2D eigenvalue weighted by Gasteiger charge is 2.70. The lowest BCUT2D eigenvalue weighted by Crippen LogP contribution is -2.59. The van der Waals surface area contributed by atoms with E-state index < -0.39 is 47.5 Å². The molecule has 1 aromatic heterocycles. The van der Waals surface area contributed by atoms with Crippen molar-refractivity contribution in [1.29, 1.82) is 0 Å². The molecule has 4 rings (SSSR count). The molecule has 3 atom stereocenters. The number of β-amino-alcohol motifs (C(OH)–C–C–N with tert-alkyl or cyclic N) is 1. The zero-order valence-electron chi connectivity index (χ0n) is 19.9. The number of rotatable bonds is 7. The second kappa shape index (κ2) is 9.85. The van der Waals surface area contributed by atoms with E-state index in [4.69, 9.17) is 0 Å². The fourth-order valence-electron chi connectivity index (χ4n) is 4.73. The third-order valence-electron chi connectivity index (χ3n) is 6.91. The number of aryl methyl sites for hydroxylation is 1. The average Bonchev–Trinajstić information content (AvgIpc) is 3.39. The van der Waals surface area contributed by atoms with E-state index in [2.05, 4.69) is 10.6 Å². The molecule has 0 unspecified atom stereocenters. The van der Waals surface area contributed by atoms with E-state index in [1.165, 1.54) is 5.56 Å². The van der Waals surface area contributed by atoms with E-state index in [-0.39, 0.29) is 32.4 Å². The third-order valence-corrected chi connectivity index (χ3v) is 7.98. The zero-order valence-corrected chi connectivity index (χ0v) is 20.7. The van der Waals surface area contributed by atoms with Crippen molar-refractivity contribution >= 4 is 29.1 Å². The van der Waals surface area contributed by atoms with E-state index in [1.54, 1.807) is 11.3 Å². The normalized spacial score (nSPS) is 21.7. The Kier molecular flexibility index (Phi) is 7.16. The molecule has 3 amide bonds. The number of nitrogens with one attached hydrogen (secondary N) is 2. The minimum Gasteiger partial charge on any atom is -0.391 e. The van der Waals surface area contributed by atoms with Crippen LogP contribution in [0.25, 0.3) is 10.4 Å². The minimum absolute atomic E-state index is 0.0972. The van der Waals surface area contributed by atoms with Crippen LogP contribution < -0.4 is 10.6 Å². The van der Waals surface area contributed by atoms with Crippen molar-refractivity contribution in [1.82, 2.24) is 15.5 Å². The van der Waals surface area contributed by atoms with Gasteiger partial charge in [0.15, 0.2) is 0 Å². The number of likely N-dealkylation sites (tertiary alicyclic amines) is 1. The maximum absolute atomic E-state index is 13.8. The van der Waals surface area contributed by atoms with Crippen molar-refractivity contribution < 1.29 is 32.7 Å². The van der Waals surface area contributed by atoms with Crippen LogP contribution >= 0.6 is 11.3 Å². The average molecular weight is 524 g/mol. The summed E-state index contributed by atoms with van der Waals surface area (Å²) in [6.45, 7) is 2.94. The van der Waals surface area contributed by atoms with Crippen LogP contribution in [0.3, 0.4) is 0 Å². The quantitative estimate of drug-likeness (QED) is 0.519. The van der Waals surface area contributed by atoms with E-state index in [0.717, 1.165) is 27.8 Å². The van der Waals surface area contributed by atoms with Crippen molar-refractivity contribution in [2.24, 2.45) is 5.41 Å². The molecule has 1 saturated carbocycles. The van der Waals surface area contributed by atoms with Crippen molar-refractivity contribution in [2.45, 2.75) is 64.0 Å². The van der Waals surface area contributed by atoms with Crippen molar-refractivity contribution in [3.8, 4) is 10.4 Å². The van der Waals surface area contributed by atoms with Crippen LogP contribution in [-0.4, -0.2) is 58.6 Å². The first-order chi connectivity index (χ1) is 16.9. The van der Waals surface area contributed by atoms with Crippen LogP contribution in [0.2, 0.25) is 0 Å². The molecular weight excluding hydrogens is 495 g/mol. The lowest BCUT2D eigenvalue weighted by Gasteiger charge is -2.33. The first-order valence-corrected chi connectivity index (χ1v) is 12.5. The number of amides is 3. The van der Waals surface area contributed by atoms with Gasteiger partial charge in [-0.2, -0.15) is 13.2 Å². The van der Waals surface area contributed by atoms with Crippen LogP contribution in [0, 0.1) is 12.3 Å². The number of alkyl halides is 3. The van der Waals surface area contributed by atoms with Gasteiger partial charge in [-0.05, 0) is 47.9 Å². The Morgan fingerprint density at radius 2 is 1.86 bits per heavy atom. The molecule has 2 aliphatic rings. The van der Waals surface area contributed by atoms with E-state index in [9.17, 15) is 32.7 Å². The topological polar surface area (TPSA) is 98.7 Å². The SMILES string of the molecule is CC(=O)N[C@H](C(=O)N1C[C@H](O)C[C@H]1C(=O)NCc1ccc(-c2sccc2C)cc1)C1(C(F)(F)F)CC1. The van der Waals surface area contributed by atoms with Crippen LogP contribution in [-0.2, 0) is 20.9 Å². The summed E-state index contributed by atoms with van der Waals surface area (Å²) in [7, 11) is 0. The highest BCUT2D eigenvalue weighted by atomic mass is 32.1. The molecule has 1 aromatic carbocycles. The number of halogens is 3. The monoisotopic (exact) mass is 523 g/mol. The third kappa shape index (κ3) is 5.12. The number of benzene rings is 1. The van der Waals surface area contributed by atoms with Gasteiger partial charge in [0.05, 0.1) is 11.5 Å². The van der Waals surface area contributed by atoms with Crippen LogP contribution in [0.5, 0.6) is 0 Å². The Hall–Kier alpha value is -2.92. The van der Waals surface area contributed by atoms with Crippen LogP contribution in [0.4, 0.5) is 13.2 Å². The lowest BCUT2D eigenvalue weighted by atomic mass is 9.93. The van der Waals surface area contributed by atoms with Gasteiger partial charge in [0, 0.05) is 31.3 Å². The van der Waals surface area contributed by atoms with Crippen LogP contribution in [0.15, 0.2) is 35.7 Å². The number of aliphatic hydroxyl groups excluding tert-OH is 1. The van der Waals surface area contributed by atoms with Gasteiger partial charge in [0.1, 0.15) is 12.1 Å². The number of hydrogen-bond donors (Lipinski definition) is 3. The number of hydrogen-bond acceptors (Lipinski definition) is 5. The van der Waals surface area contributed by atoms with Gasteiger partial charge in [-0.3, -0.25) is 14.4 Å². The molecule has 1 aliphatic heterocycles. The maximum atomic E-state index is 13.8. The first-order valence-electron chi connectivity index (χ1n) is 11.7. The summed E-state index contributed by atoms with van der Waals surface area (Å²) >= 11 is 1.63. The Balaban J connectivity index is 1.45. The number of carbonyl (C=O) groups is 3. The Morgan fingerprint density at radius 3 is 2.39 bits per heavy atom. The number of carbonyl (C=O) groups excluding carboxylic acids is 3. The molecule has 0 radical (unpaired) electrons. The van der Waals surface area contributed by atoms with E-state index >= 15 is 0 Å². The Morgan fingerprint density at radius 1 is 1.19 bits per heavy atom. The number of thiophene rings is 1. The maximum Gasteiger partial charge on any atom is 0.396 e. The summed E-state index contributed by atoms with van der Waals surface area (Å²) in [6, 6.07) is 6.68. The van der Waals surface area contributed by atoms with Gasteiger partial charge in [-0.15, -0.1) is 11.3 Å². The molecule has 0 bridgehead atoms. The van der Waals surface area contributed by atoms with E-state index in [1.807, 2.05) is 42.6 Å². The summed E-state index contributed by atoms with van der Waals surface area (Å²) in [5.74, 6) is -2.35. The van der Waals surface area contributed by atoms with Gasteiger partial charge < -0.3 is 20.6 Å². The second-order valence-corrected chi connectivity index (χ2v) is 10.4. The molecule has 2 heterocycles. The van der Waals surface area contributed by atoms with Gasteiger partial charge >= 0.3 is 6.18 Å². The van der Waals surface area contributed by atoms with Crippen molar-refractivity contribution in [3.05, 3.63) is 46.8 Å². The standard InChI is InChI=1S/C25H28F3N3O4S/c1-14-7-10-36-20(14)17-5-3-16(4-6-17)12-29-22(34)19-11-18(33)13-31(19)23(35)21(30-15(2)32)24(8-9-24)25(26,27)28/h3-7,10,18-19,21,33H,8-9,11-13H2,1-2H3,(H,29,34)(H,30,32)/t18-,19+,21-/m1/s1. The highest BCUT2D eigenvalue weighted by molar-refractivity contribution is 7.13. The zero-order chi connectivity index (χ0) is 26.3. The number of nitrogens with zero attached hydrogens (tertiary/aromatic N) is 1. The van der Waals surface area contributed by atoms with Gasteiger partial charge in [0.2, 0.25) is 17.7 Å². The molecule has 1 saturated heterocycles. The molecule has 194 valence electrons. The summed E-state index contributed by atoms with van der Waals surface area (Å²) < 4.78 is 41.3. The number of aliphatic hydroxyl groups is 1. The lowest BCUT2D eigenvalue weighted by molar-refractivity contribution is -0.199. The molecular formula is C25H28F3N3O4S. The Labute approximate surface area is 210 Å². The first kappa shape index (κ1) is 26.2. The predicted octanol–water partition coefficient (Wildman–Crippen LogP) is 3.15. The molecule has 0 spiro atoms.